The predicted octanol–water partition coefficient (Wildman–Crippen LogP) is 4.92. The molecule has 1 N–H and O–H groups in total. The maximum atomic E-state index is 4.52. The van der Waals surface area contributed by atoms with Crippen molar-refractivity contribution >= 4 is 56.6 Å². The van der Waals surface area contributed by atoms with E-state index in [1.54, 1.807) is 28.9 Å². The number of hydrazone groups is 1. The minimum atomic E-state index is 0.798. The molecule has 0 unspecified atom stereocenters. The van der Waals surface area contributed by atoms with Gasteiger partial charge in [-0.1, -0.05) is 18.2 Å². The summed E-state index contributed by atoms with van der Waals surface area (Å²) in [6.45, 7) is 0. The molecule has 0 aliphatic carbocycles. The van der Waals surface area contributed by atoms with Crippen molar-refractivity contribution in [1.82, 2.24) is 4.98 Å². The third-order valence-corrected chi connectivity index (χ3v) is 4.81. The molecule has 100 valence electrons. The van der Waals surface area contributed by atoms with Gasteiger partial charge in [-0.3, -0.25) is 5.43 Å². The normalized spacial score (nSPS) is 11.1. The van der Waals surface area contributed by atoms with Crippen LogP contribution in [0.5, 0.6) is 0 Å². The second-order valence-electron chi connectivity index (χ2n) is 3.93. The Kier molecular flexibility index (Phi) is 4.44. The highest BCUT2D eigenvalue weighted by atomic mass is 127. The van der Waals surface area contributed by atoms with Gasteiger partial charge in [-0.2, -0.15) is 5.10 Å². The number of anilines is 1. The fourth-order valence-electron chi connectivity index (χ4n) is 1.59. The van der Waals surface area contributed by atoms with Crippen LogP contribution in [0.25, 0.3) is 11.3 Å². The van der Waals surface area contributed by atoms with Crippen molar-refractivity contribution in [2.24, 2.45) is 5.10 Å². The van der Waals surface area contributed by atoms with Gasteiger partial charge in [0.05, 0.1) is 11.9 Å². The smallest absolute Gasteiger partial charge is 0.203 e. The number of hydrogen-bond donors (Lipinski definition) is 1. The third kappa shape index (κ3) is 3.44. The van der Waals surface area contributed by atoms with Crippen molar-refractivity contribution < 1.29 is 0 Å². The standard InChI is InChI=1S/C14H10IN3S2/c15-11-5-3-10(4-6-11)13-9-20-14(17-13)18-16-8-12-2-1-7-19-12/h1-9H,(H,17,18)/b16-8+. The molecular formula is C14H10IN3S2. The topological polar surface area (TPSA) is 37.3 Å². The lowest BCUT2D eigenvalue weighted by molar-refractivity contribution is 1.29. The summed E-state index contributed by atoms with van der Waals surface area (Å²) in [5, 5.41) is 9.05. The average molecular weight is 411 g/mol. The molecule has 0 radical (unpaired) electrons. The number of nitrogens with one attached hydrogen (secondary N) is 1. The fraction of sp³-hybridized carbons (Fsp3) is 0. The van der Waals surface area contributed by atoms with E-state index >= 15 is 0 Å². The summed E-state index contributed by atoms with van der Waals surface area (Å²) in [6, 6.07) is 12.3. The largest absolute Gasteiger partial charge is 0.253 e. The lowest BCUT2D eigenvalue weighted by Crippen LogP contribution is -1.88. The van der Waals surface area contributed by atoms with Crippen molar-refractivity contribution in [3.63, 3.8) is 0 Å². The van der Waals surface area contributed by atoms with Crippen LogP contribution >= 0.6 is 45.3 Å². The van der Waals surface area contributed by atoms with Crippen LogP contribution in [0.2, 0.25) is 0 Å². The van der Waals surface area contributed by atoms with Gasteiger partial charge in [-0.15, -0.1) is 22.7 Å². The van der Waals surface area contributed by atoms with Gasteiger partial charge in [0, 0.05) is 19.4 Å². The van der Waals surface area contributed by atoms with E-state index in [9.17, 15) is 0 Å². The van der Waals surface area contributed by atoms with E-state index in [1.807, 2.05) is 22.9 Å². The van der Waals surface area contributed by atoms with Crippen LogP contribution in [0, 0.1) is 3.57 Å². The Morgan fingerprint density at radius 2 is 2.00 bits per heavy atom. The Hall–Kier alpha value is -1.25. The molecule has 2 aromatic heterocycles. The molecule has 1 aromatic carbocycles. The number of rotatable bonds is 4. The first kappa shape index (κ1) is 13.7. The molecule has 20 heavy (non-hydrogen) atoms. The highest BCUT2D eigenvalue weighted by Gasteiger charge is 2.03. The molecule has 0 bridgehead atoms. The predicted molar refractivity (Wildman–Crippen MR) is 95.8 cm³/mol. The Bertz CT molecular complexity index is 702. The molecule has 2 heterocycles. The molecule has 3 aromatic rings. The zero-order valence-electron chi connectivity index (χ0n) is 10.3. The number of benzene rings is 1. The molecule has 0 aliphatic heterocycles. The zero-order chi connectivity index (χ0) is 13.8. The summed E-state index contributed by atoms with van der Waals surface area (Å²) in [7, 11) is 0. The lowest BCUT2D eigenvalue weighted by Gasteiger charge is -1.96. The number of halogens is 1. The molecule has 0 aliphatic rings. The first-order chi connectivity index (χ1) is 9.81. The van der Waals surface area contributed by atoms with Gasteiger partial charge >= 0.3 is 0 Å². The Morgan fingerprint density at radius 1 is 1.15 bits per heavy atom. The van der Waals surface area contributed by atoms with Gasteiger partial charge in [0.1, 0.15) is 0 Å². The molecule has 3 rings (SSSR count). The van der Waals surface area contributed by atoms with Crippen LogP contribution in [0.3, 0.4) is 0 Å². The number of thiazole rings is 1. The molecule has 6 heteroatoms. The SMILES string of the molecule is Ic1ccc(-c2csc(N/N=C/c3cccs3)n2)cc1. The van der Waals surface area contributed by atoms with E-state index in [1.165, 1.54) is 3.57 Å². The van der Waals surface area contributed by atoms with Crippen LogP contribution < -0.4 is 5.43 Å². The molecule has 0 saturated carbocycles. The molecular weight excluding hydrogens is 401 g/mol. The second-order valence-corrected chi connectivity index (χ2v) is 7.01. The minimum Gasteiger partial charge on any atom is -0.253 e. The Labute approximate surface area is 138 Å². The molecule has 0 amide bonds. The zero-order valence-corrected chi connectivity index (χ0v) is 14.1. The van der Waals surface area contributed by atoms with Crippen molar-refractivity contribution in [2.45, 2.75) is 0 Å². The summed E-state index contributed by atoms with van der Waals surface area (Å²) >= 11 is 5.50. The second kappa shape index (κ2) is 6.47. The van der Waals surface area contributed by atoms with Gasteiger partial charge in [0.2, 0.25) is 5.13 Å². The minimum absolute atomic E-state index is 0.798. The van der Waals surface area contributed by atoms with E-state index in [-0.39, 0.29) is 0 Å². The van der Waals surface area contributed by atoms with Crippen molar-refractivity contribution in [3.8, 4) is 11.3 Å². The van der Waals surface area contributed by atoms with Gasteiger partial charge in [0.25, 0.3) is 0 Å². The van der Waals surface area contributed by atoms with Gasteiger partial charge < -0.3 is 0 Å². The maximum absolute atomic E-state index is 4.52. The Morgan fingerprint density at radius 3 is 2.75 bits per heavy atom. The quantitative estimate of drug-likeness (QED) is 0.376. The Balaban J connectivity index is 1.69. The number of aromatic nitrogens is 1. The van der Waals surface area contributed by atoms with Crippen LogP contribution in [0.15, 0.2) is 52.3 Å². The summed E-state index contributed by atoms with van der Waals surface area (Å²) in [4.78, 5) is 5.64. The van der Waals surface area contributed by atoms with Gasteiger partial charge in [-0.05, 0) is 46.2 Å². The van der Waals surface area contributed by atoms with Crippen LogP contribution in [-0.4, -0.2) is 11.2 Å². The highest BCUT2D eigenvalue weighted by Crippen LogP contribution is 2.25. The fourth-order valence-corrected chi connectivity index (χ4v) is 3.21. The van der Waals surface area contributed by atoms with Gasteiger partial charge in [-0.25, -0.2) is 4.98 Å². The van der Waals surface area contributed by atoms with Crippen molar-refractivity contribution in [2.75, 3.05) is 5.43 Å². The first-order valence-electron chi connectivity index (χ1n) is 5.85. The van der Waals surface area contributed by atoms with Crippen LogP contribution in [0.1, 0.15) is 4.88 Å². The summed E-state index contributed by atoms with van der Waals surface area (Å²) < 4.78 is 1.22. The number of hydrogen-bond acceptors (Lipinski definition) is 5. The van der Waals surface area contributed by atoms with Crippen LogP contribution in [-0.2, 0) is 0 Å². The van der Waals surface area contributed by atoms with E-state index in [4.69, 9.17) is 0 Å². The molecule has 0 atom stereocenters. The van der Waals surface area contributed by atoms with E-state index in [2.05, 4.69) is 62.4 Å². The molecule has 3 nitrogen and oxygen atoms in total. The first-order valence-corrected chi connectivity index (χ1v) is 8.69. The van der Waals surface area contributed by atoms with E-state index in [0.29, 0.717) is 0 Å². The molecule has 0 saturated heterocycles. The number of thiophene rings is 1. The van der Waals surface area contributed by atoms with Crippen molar-refractivity contribution in [1.29, 1.82) is 0 Å². The maximum Gasteiger partial charge on any atom is 0.203 e. The van der Waals surface area contributed by atoms with Crippen molar-refractivity contribution in [3.05, 3.63) is 55.6 Å². The highest BCUT2D eigenvalue weighted by molar-refractivity contribution is 14.1. The monoisotopic (exact) mass is 411 g/mol. The molecule has 0 fully saturated rings. The summed E-state index contributed by atoms with van der Waals surface area (Å²) in [6.07, 6.45) is 1.80. The number of nitrogens with zero attached hydrogens (tertiary/aromatic N) is 2. The third-order valence-electron chi connectivity index (χ3n) is 2.54. The van der Waals surface area contributed by atoms with E-state index < -0.39 is 0 Å². The molecule has 0 spiro atoms. The van der Waals surface area contributed by atoms with Gasteiger partial charge in [0.15, 0.2) is 0 Å². The average Bonchev–Trinajstić information content (AvgIpc) is 3.11. The summed E-state index contributed by atoms with van der Waals surface area (Å²) in [5.41, 5.74) is 5.06. The summed E-state index contributed by atoms with van der Waals surface area (Å²) in [5.74, 6) is 0. The van der Waals surface area contributed by atoms with E-state index in [0.717, 1.165) is 21.3 Å². The lowest BCUT2D eigenvalue weighted by atomic mass is 10.2. The van der Waals surface area contributed by atoms with Crippen LogP contribution in [0.4, 0.5) is 5.13 Å².